The smallest absolute Gasteiger partial charge is 0.234 e. The molecule has 98 valence electrons. The summed E-state index contributed by atoms with van der Waals surface area (Å²) < 4.78 is 5.40. The van der Waals surface area contributed by atoms with Gasteiger partial charge in [0.15, 0.2) is 0 Å². The molecule has 1 aromatic rings. The number of rotatable bonds is 4. The monoisotopic (exact) mass is 247 g/mol. The van der Waals surface area contributed by atoms with E-state index >= 15 is 0 Å². The quantitative estimate of drug-likeness (QED) is 0.604. The Kier molecular flexibility index (Phi) is 4.69. The topological polar surface area (TPSA) is 38.7 Å². The second kappa shape index (κ2) is 5.83. The fraction of sp³-hybridized carbons (Fsp3) is 0.533. The first kappa shape index (κ1) is 14.5. The van der Waals surface area contributed by atoms with Crippen LogP contribution in [-0.4, -0.2) is 19.7 Å². The van der Waals surface area contributed by atoms with Crippen molar-refractivity contribution < 1.29 is 9.53 Å². The minimum atomic E-state index is 0.0228. The van der Waals surface area contributed by atoms with Crippen LogP contribution < -0.4 is 4.74 Å². The lowest BCUT2D eigenvalue weighted by Crippen LogP contribution is -2.14. The maximum atomic E-state index is 10.2. The minimum Gasteiger partial charge on any atom is -0.496 e. The number of carbonyl (C=O) groups excluding carboxylic acids is 1. The maximum absolute atomic E-state index is 10.2. The molecule has 0 aliphatic rings. The van der Waals surface area contributed by atoms with Gasteiger partial charge >= 0.3 is 0 Å². The van der Waals surface area contributed by atoms with E-state index < -0.39 is 0 Å². The van der Waals surface area contributed by atoms with Crippen LogP contribution in [0.5, 0.6) is 5.75 Å². The highest BCUT2D eigenvalue weighted by Crippen LogP contribution is 2.33. The van der Waals surface area contributed by atoms with Crippen molar-refractivity contribution in [2.45, 2.75) is 39.0 Å². The number of ether oxygens (including phenoxy) is 1. The molecule has 0 aromatic heterocycles. The molecule has 0 aliphatic carbocycles. The molecule has 3 nitrogen and oxygen atoms in total. The number of isocyanates is 1. The lowest BCUT2D eigenvalue weighted by atomic mass is 9.84. The van der Waals surface area contributed by atoms with Gasteiger partial charge in [-0.1, -0.05) is 39.8 Å². The average Bonchev–Trinajstić information content (AvgIpc) is 2.34. The van der Waals surface area contributed by atoms with Crippen molar-refractivity contribution in [3.63, 3.8) is 0 Å². The van der Waals surface area contributed by atoms with Crippen LogP contribution in [0.4, 0.5) is 0 Å². The van der Waals surface area contributed by atoms with Gasteiger partial charge in [0.05, 0.1) is 13.7 Å². The number of nitrogens with zero attached hydrogens (tertiary/aromatic N) is 1. The van der Waals surface area contributed by atoms with Crippen LogP contribution in [0.25, 0.3) is 0 Å². The van der Waals surface area contributed by atoms with Crippen LogP contribution in [-0.2, 0) is 10.2 Å². The predicted molar refractivity (Wildman–Crippen MR) is 73.1 cm³/mol. The van der Waals surface area contributed by atoms with Crippen LogP contribution >= 0.6 is 0 Å². The molecule has 18 heavy (non-hydrogen) atoms. The van der Waals surface area contributed by atoms with Crippen molar-refractivity contribution in [3.05, 3.63) is 29.3 Å². The van der Waals surface area contributed by atoms with Crippen molar-refractivity contribution in [1.82, 2.24) is 0 Å². The Labute approximate surface area is 109 Å². The minimum absolute atomic E-state index is 0.0228. The van der Waals surface area contributed by atoms with Crippen LogP contribution in [0.3, 0.4) is 0 Å². The molecule has 0 aliphatic heterocycles. The summed E-state index contributed by atoms with van der Waals surface area (Å²) in [7, 11) is 1.68. The molecular formula is C15H21NO2. The van der Waals surface area contributed by atoms with Gasteiger partial charge in [-0.15, -0.1) is 0 Å². The van der Waals surface area contributed by atoms with Gasteiger partial charge in [-0.05, 0) is 22.6 Å². The molecule has 0 N–H and O–H groups in total. The Hall–Kier alpha value is -1.60. The fourth-order valence-electron chi connectivity index (χ4n) is 1.90. The Morgan fingerprint density at radius 2 is 2.06 bits per heavy atom. The predicted octanol–water partition coefficient (Wildman–Crippen LogP) is 3.43. The Morgan fingerprint density at radius 1 is 1.39 bits per heavy atom. The van der Waals surface area contributed by atoms with Gasteiger partial charge in [0.1, 0.15) is 5.75 Å². The summed E-state index contributed by atoms with van der Waals surface area (Å²) >= 11 is 0. The largest absolute Gasteiger partial charge is 0.496 e. The normalized spacial score (nSPS) is 12.7. The summed E-state index contributed by atoms with van der Waals surface area (Å²) in [6, 6.07) is 6.15. The van der Waals surface area contributed by atoms with Crippen molar-refractivity contribution in [2.24, 2.45) is 4.99 Å². The van der Waals surface area contributed by atoms with Crippen LogP contribution in [0.1, 0.15) is 44.7 Å². The van der Waals surface area contributed by atoms with E-state index in [4.69, 9.17) is 4.74 Å². The molecule has 0 heterocycles. The summed E-state index contributed by atoms with van der Waals surface area (Å²) in [6.45, 7) is 8.99. The number of methoxy groups -OCH3 is 1. The number of hydrogen-bond donors (Lipinski definition) is 0. The molecule has 0 bridgehead atoms. The van der Waals surface area contributed by atoms with Crippen molar-refractivity contribution >= 4 is 6.08 Å². The molecule has 0 radical (unpaired) electrons. The highest BCUT2D eigenvalue weighted by Gasteiger charge is 2.20. The molecular weight excluding hydrogens is 226 g/mol. The van der Waals surface area contributed by atoms with E-state index in [-0.39, 0.29) is 11.3 Å². The molecule has 1 unspecified atom stereocenters. The molecule has 0 saturated heterocycles. The van der Waals surface area contributed by atoms with E-state index in [0.29, 0.717) is 6.54 Å². The lowest BCUT2D eigenvalue weighted by Gasteiger charge is -2.23. The molecule has 1 atom stereocenters. The van der Waals surface area contributed by atoms with Gasteiger partial charge in [0, 0.05) is 5.92 Å². The van der Waals surface area contributed by atoms with Crippen LogP contribution in [0.15, 0.2) is 23.2 Å². The van der Waals surface area contributed by atoms with Gasteiger partial charge in [0.2, 0.25) is 6.08 Å². The van der Waals surface area contributed by atoms with Gasteiger partial charge in [-0.2, -0.15) is 0 Å². The van der Waals surface area contributed by atoms with E-state index in [1.807, 2.05) is 12.1 Å². The SMILES string of the molecule is COc1ccc(C(C)CN=C=O)cc1C(C)(C)C. The zero-order valence-corrected chi connectivity index (χ0v) is 11.8. The van der Waals surface area contributed by atoms with E-state index in [2.05, 4.69) is 38.8 Å². The van der Waals surface area contributed by atoms with Gasteiger partial charge < -0.3 is 4.74 Å². The van der Waals surface area contributed by atoms with Crippen molar-refractivity contribution in [3.8, 4) is 5.75 Å². The number of benzene rings is 1. The first-order valence-corrected chi connectivity index (χ1v) is 6.12. The standard InChI is InChI=1S/C15H21NO2/c1-11(9-16-10-17)12-6-7-14(18-5)13(8-12)15(2,3)4/h6-8,11H,9H2,1-5H3. The zero-order chi connectivity index (χ0) is 13.8. The van der Waals surface area contributed by atoms with E-state index in [0.717, 1.165) is 5.75 Å². The first-order valence-electron chi connectivity index (χ1n) is 6.12. The third-order valence-electron chi connectivity index (χ3n) is 3.03. The second-order valence-electron chi connectivity index (χ2n) is 5.54. The summed E-state index contributed by atoms with van der Waals surface area (Å²) in [5.74, 6) is 1.11. The van der Waals surface area contributed by atoms with Crippen LogP contribution in [0.2, 0.25) is 0 Å². The van der Waals surface area contributed by atoms with Gasteiger partial charge in [-0.25, -0.2) is 9.79 Å². The summed E-state index contributed by atoms with van der Waals surface area (Å²) in [6.07, 6.45) is 1.59. The first-order chi connectivity index (χ1) is 8.40. The third kappa shape index (κ3) is 3.44. The zero-order valence-electron chi connectivity index (χ0n) is 11.8. The molecule has 1 aromatic carbocycles. The highest BCUT2D eigenvalue weighted by molar-refractivity contribution is 5.43. The molecule has 0 spiro atoms. The van der Waals surface area contributed by atoms with Gasteiger partial charge in [0.25, 0.3) is 0 Å². The Balaban J connectivity index is 3.14. The van der Waals surface area contributed by atoms with Crippen molar-refractivity contribution in [2.75, 3.05) is 13.7 Å². The highest BCUT2D eigenvalue weighted by atomic mass is 16.5. The van der Waals surface area contributed by atoms with E-state index in [1.165, 1.54) is 11.1 Å². The number of hydrogen-bond acceptors (Lipinski definition) is 3. The van der Waals surface area contributed by atoms with E-state index in [9.17, 15) is 4.79 Å². The summed E-state index contributed by atoms with van der Waals surface area (Å²) in [4.78, 5) is 13.8. The maximum Gasteiger partial charge on any atom is 0.234 e. The molecule has 0 amide bonds. The third-order valence-corrected chi connectivity index (χ3v) is 3.03. The van der Waals surface area contributed by atoms with Crippen molar-refractivity contribution in [1.29, 1.82) is 0 Å². The summed E-state index contributed by atoms with van der Waals surface area (Å²) in [5, 5.41) is 0. The Morgan fingerprint density at radius 3 is 2.56 bits per heavy atom. The molecule has 0 saturated carbocycles. The molecule has 0 fully saturated rings. The fourth-order valence-corrected chi connectivity index (χ4v) is 1.90. The average molecular weight is 247 g/mol. The summed E-state index contributed by atoms with van der Waals surface area (Å²) in [5.41, 5.74) is 2.36. The second-order valence-corrected chi connectivity index (χ2v) is 5.54. The van der Waals surface area contributed by atoms with Gasteiger partial charge in [-0.3, -0.25) is 0 Å². The molecule has 3 heteroatoms. The molecule has 1 rings (SSSR count). The van der Waals surface area contributed by atoms with Crippen LogP contribution in [0, 0.1) is 0 Å². The number of aliphatic imine (C=N–C) groups is 1. The Bertz CT molecular complexity index is 454. The lowest BCUT2D eigenvalue weighted by molar-refractivity contribution is 0.397. The van der Waals surface area contributed by atoms with E-state index in [1.54, 1.807) is 13.2 Å².